The molecule has 8 heteroatoms. The summed E-state index contributed by atoms with van der Waals surface area (Å²) >= 11 is 0. The zero-order valence-corrected chi connectivity index (χ0v) is 20.5. The van der Waals surface area contributed by atoms with E-state index in [9.17, 15) is 17.9 Å². The summed E-state index contributed by atoms with van der Waals surface area (Å²) < 4.78 is 39.3. The van der Waals surface area contributed by atoms with Crippen LogP contribution in [0, 0.1) is 5.82 Å². The van der Waals surface area contributed by atoms with Crippen molar-refractivity contribution >= 4 is 32.1 Å². The van der Waals surface area contributed by atoms with E-state index in [2.05, 4.69) is 9.88 Å². The molecule has 6 nitrogen and oxygen atoms in total. The number of aliphatic imine (C=N–C) groups is 1. The molecule has 0 amide bonds. The monoisotopic (exact) mass is 493 g/mol. The molecule has 4 rings (SSSR count). The van der Waals surface area contributed by atoms with E-state index in [0.29, 0.717) is 34.4 Å². The van der Waals surface area contributed by atoms with Crippen LogP contribution in [0.2, 0.25) is 0 Å². The molecule has 0 aliphatic heterocycles. The molecule has 3 aromatic carbocycles. The molecule has 182 valence electrons. The van der Waals surface area contributed by atoms with Crippen molar-refractivity contribution in [3.8, 4) is 5.88 Å². The maximum absolute atomic E-state index is 13.7. The second-order valence-electron chi connectivity index (χ2n) is 8.20. The SMILES string of the molecule is CCN(CC)CCS(=O)(=O)c1ccc(N=C(c2ccccc2)c2c(O)[nH]c3cc(F)ccc23)cc1. The minimum absolute atomic E-state index is 0.0479. The van der Waals surface area contributed by atoms with Crippen LogP contribution < -0.4 is 0 Å². The van der Waals surface area contributed by atoms with Crippen LogP contribution in [0.4, 0.5) is 10.1 Å². The molecule has 0 radical (unpaired) electrons. The smallest absolute Gasteiger partial charge is 0.199 e. The summed E-state index contributed by atoms with van der Waals surface area (Å²) in [7, 11) is -3.43. The Kier molecular flexibility index (Phi) is 7.33. The van der Waals surface area contributed by atoms with E-state index in [1.165, 1.54) is 12.1 Å². The van der Waals surface area contributed by atoms with Crippen LogP contribution in [0.3, 0.4) is 0 Å². The highest BCUT2D eigenvalue weighted by atomic mass is 32.2. The van der Waals surface area contributed by atoms with Gasteiger partial charge in [0.15, 0.2) is 15.7 Å². The summed E-state index contributed by atoms with van der Waals surface area (Å²) in [6, 6.07) is 20.0. The first-order valence-electron chi connectivity index (χ1n) is 11.5. The maximum Gasteiger partial charge on any atom is 0.199 e. The number of aromatic amines is 1. The number of fused-ring (bicyclic) bond motifs is 1. The van der Waals surface area contributed by atoms with Gasteiger partial charge in [-0.05, 0) is 55.6 Å². The van der Waals surface area contributed by atoms with Crippen LogP contribution in [0.25, 0.3) is 10.9 Å². The number of rotatable bonds is 9. The summed E-state index contributed by atoms with van der Waals surface area (Å²) in [5, 5.41) is 11.3. The second kappa shape index (κ2) is 10.4. The predicted octanol–water partition coefficient (Wildman–Crippen LogP) is 5.30. The lowest BCUT2D eigenvalue weighted by Gasteiger charge is -2.17. The molecule has 0 fully saturated rings. The van der Waals surface area contributed by atoms with Gasteiger partial charge in [0.25, 0.3) is 0 Å². The van der Waals surface area contributed by atoms with E-state index >= 15 is 0 Å². The van der Waals surface area contributed by atoms with E-state index in [1.54, 1.807) is 30.3 Å². The Morgan fingerprint density at radius 3 is 2.34 bits per heavy atom. The van der Waals surface area contributed by atoms with E-state index < -0.39 is 15.7 Å². The van der Waals surface area contributed by atoms with Gasteiger partial charge in [-0.1, -0.05) is 44.2 Å². The van der Waals surface area contributed by atoms with Gasteiger partial charge in [-0.25, -0.2) is 17.8 Å². The van der Waals surface area contributed by atoms with Gasteiger partial charge >= 0.3 is 0 Å². The van der Waals surface area contributed by atoms with Gasteiger partial charge in [0.05, 0.1) is 33.1 Å². The van der Waals surface area contributed by atoms with Crippen molar-refractivity contribution in [2.24, 2.45) is 4.99 Å². The number of nitrogens with one attached hydrogen (secondary N) is 1. The number of aromatic nitrogens is 1. The van der Waals surface area contributed by atoms with Gasteiger partial charge in [-0.3, -0.25) is 0 Å². The Hall–Kier alpha value is -3.49. The Balaban J connectivity index is 1.73. The fourth-order valence-corrected chi connectivity index (χ4v) is 5.31. The third-order valence-corrected chi connectivity index (χ3v) is 7.74. The Morgan fingerprint density at radius 2 is 1.69 bits per heavy atom. The third-order valence-electron chi connectivity index (χ3n) is 6.03. The normalized spacial score (nSPS) is 12.5. The maximum atomic E-state index is 13.7. The van der Waals surface area contributed by atoms with Crippen molar-refractivity contribution in [2.45, 2.75) is 18.7 Å². The van der Waals surface area contributed by atoms with Crippen LogP contribution in [-0.2, 0) is 9.84 Å². The molecule has 0 aliphatic carbocycles. The Bertz CT molecular complexity index is 1440. The first kappa shape index (κ1) is 24.6. The number of benzene rings is 3. The predicted molar refractivity (Wildman–Crippen MR) is 138 cm³/mol. The van der Waals surface area contributed by atoms with E-state index in [0.717, 1.165) is 18.7 Å². The lowest BCUT2D eigenvalue weighted by Crippen LogP contribution is -2.29. The van der Waals surface area contributed by atoms with E-state index in [-0.39, 0.29) is 16.5 Å². The largest absolute Gasteiger partial charge is 0.494 e. The molecule has 0 atom stereocenters. The minimum atomic E-state index is -3.43. The van der Waals surface area contributed by atoms with Crippen LogP contribution >= 0.6 is 0 Å². The molecule has 1 heterocycles. The molecular weight excluding hydrogens is 465 g/mol. The summed E-state index contributed by atoms with van der Waals surface area (Å²) in [5.41, 5.74) is 2.67. The molecule has 35 heavy (non-hydrogen) atoms. The number of hydrogen-bond acceptors (Lipinski definition) is 5. The van der Waals surface area contributed by atoms with Gasteiger partial charge in [0.1, 0.15) is 5.82 Å². The van der Waals surface area contributed by atoms with Crippen LogP contribution in [-0.4, -0.2) is 54.5 Å². The zero-order valence-electron chi connectivity index (χ0n) is 19.7. The van der Waals surface area contributed by atoms with Gasteiger partial charge in [-0.2, -0.15) is 0 Å². The number of aromatic hydroxyl groups is 1. The van der Waals surface area contributed by atoms with Crippen LogP contribution in [0.15, 0.2) is 82.7 Å². The van der Waals surface area contributed by atoms with Crippen molar-refractivity contribution in [3.05, 3.63) is 89.7 Å². The van der Waals surface area contributed by atoms with Gasteiger partial charge in [-0.15, -0.1) is 0 Å². The number of halogens is 1. The zero-order chi connectivity index (χ0) is 25.0. The van der Waals surface area contributed by atoms with E-state index in [4.69, 9.17) is 4.99 Å². The number of sulfone groups is 1. The third kappa shape index (κ3) is 5.44. The molecule has 0 saturated heterocycles. The highest BCUT2D eigenvalue weighted by Gasteiger charge is 2.20. The van der Waals surface area contributed by atoms with Gasteiger partial charge in [0.2, 0.25) is 0 Å². The molecular formula is C27H28FN3O3S. The number of H-pyrrole nitrogens is 1. The Morgan fingerprint density at radius 1 is 1.00 bits per heavy atom. The highest BCUT2D eigenvalue weighted by molar-refractivity contribution is 7.91. The van der Waals surface area contributed by atoms with Crippen molar-refractivity contribution < 1.29 is 17.9 Å². The molecule has 1 aromatic heterocycles. The molecule has 0 aliphatic rings. The highest BCUT2D eigenvalue weighted by Crippen LogP contribution is 2.32. The molecule has 2 N–H and O–H groups in total. The lowest BCUT2D eigenvalue weighted by molar-refractivity contribution is 0.321. The second-order valence-corrected chi connectivity index (χ2v) is 10.3. The first-order chi connectivity index (χ1) is 16.8. The van der Waals surface area contributed by atoms with Crippen molar-refractivity contribution in [3.63, 3.8) is 0 Å². The molecule has 0 bridgehead atoms. The fourth-order valence-electron chi connectivity index (χ4n) is 4.02. The van der Waals surface area contributed by atoms with Crippen molar-refractivity contribution in [1.29, 1.82) is 0 Å². The summed E-state index contributed by atoms with van der Waals surface area (Å²) in [6.45, 7) is 6.10. The van der Waals surface area contributed by atoms with Gasteiger partial charge < -0.3 is 15.0 Å². The standard InChI is InChI=1S/C27H28FN3O3S/c1-3-31(4-2)16-17-35(33,34)22-13-11-21(12-14-22)29-26(19-8-6-5-7-9-19)25-23-15-10-20(28)18-24(23)30-27(25)32/h5-15,18,30,32H,3-4,16-17H2,1-2H3. The molecule has 0 saturated carbocycles. The molecule has 4 aromatic rings. The van der Waals surface area contributed by atoms with E-state index in [1.807, 2.05) is 44.2 Å². The summed E-state index contributed by atoms with van der Waals surface area (Å²) in [6.07, 6.45) is 0. The summed E-state index contributed by atoms with van der Waals surface area (Å²) in [5.74, 6) is -0.489. The van der Waals surface area contributed by atoms with Gasteiger partial charge in [0, 0.05) is 17.5 Å². The Labute approximate surface area is 204 Å². The first-order valence-corrected chi connectivity index (χ1v) is 13.2. The van der Waals surface area contributed by atoms with Crippen molar-refractivity contribution in [1.82, 2.24) is 9.88 Å². The van der Waals surface area contributed by atoms with Crippen LogP contribution in [0.1, 0.15) is 25.0 Å². The molecule has 0 unspecified atom stereocenters. The minimum Gasteiger partial charge on any atom is -0.494 e. The fraction of sp³-hybridized carbons (Fsp3) is 0.222. The number of nitrogens with zero attached hydrogens (tertiary/aromatic N) is 2. The number of hydrogen-bond donors (Lipinski definition) is 2. The van der Waals surface area contributed by atoms with Crippen molar-refractivity contribution in [2.75, 3.05) is 25.4 Å². The lowest BCUT2D eigenvalue weighted by atomic mass is 10.0. The average Bonchev–Trinajstić information content (AvgIpc) is 3.18. The summed E-state index contributed by atoms with van der Waals surface area (Å²) in [4.78, 5) is 9.90. The molecule has 0 spiro atoms. The average molecular weight is 494 g/mol. The quantitative estimate of drug-likeness (QED) is 0.310. The van der Waals surface area contributed by atoms with Crippen LogP contribution in [0.5, 0.6) is 5.88 Å². The topological polar surface area (TPSA) is 85.8 Å².